The van der Waals surface area contributed by atoms with Crippen molar-refractivity contribution in [3.63, 3.8) is 0 Å². The summed E-state index contributed by atoms with van der Waals surface area (Å²) in [4.78, 5) is 19.4. The number of urea groups is 1. The molecule has 1 aromatic heterocycles. The maximum atomic E-state index is 12.9. The van der Waals surface area contributed by atoms with Crippen molar-refractivity contribution in [2.24, 2.45) is 0 Å². The SMILES string of the molecule is Cc1cc(CN2CCN(C(=O)Nc3ccccc3N(C)C3CCCC3)CC2)no1. The Balaban J connectivity index is 1.33. The highest BCUT2D eigenvalue weighted by molar-refractivity contribution is 5.93. The quantitative estimate of drug-likeness (QED) is 0.833. The Morgan fingerprint density at radius 1 is 1.21 bits per heavy atom. The van der Waals surface area contributed by atoms with Crippen LogP contribution in [0.1, 0.15) is 37.1 Å². The average Bonchev–Trinajstić information content (AvgIpc) is 3.40. The van der Waals surface area contributed by atoms with Crippen LogP contribution < -0.4 is 10.2 Å². The summed E-state index contributed by atoms with van der Waals surface area (Å²) in [5.74, 6) is 0.833. The van der Waals surface area contributed by atoms with Gasteiger partial charge in [0.2, 0.25) is 0 Å². The molecule has 2 aromatic rings. The Kier molecular flexibility index (Phi) is 6.04. The number of nitrogens with zero attached hydrogens (tertiary/aromatic N) is 4. The first-order valence-corrected chi connectivity index (χ1v) is 10.6. The molecule has 0 atom stereocenters. The minimum Gasteiger partial charge on any atom is -0.370 e. The van der Waals surface area contributed by atoms with E-state index in [1.54, 1.807) is 0 Å². The van der Waals surface area contributed by atoms with Crippen LogP contribution in [0.5, 0.6) is 0 Å². The van der Waals surface area contributed by atoms with E-state index in [1.807, 2.05) is 36.1 Å². The van der Waals surface area contributed by atoms with E-state index in [0.717, 1.165) is 42.5 Å². The molecule has 2 amide bonds. The van der Waals surface area contributed by atoms with Crippen LogP contribution in [0.3, 0.4) is 0 Å². The standard InChI is InChI=1S/C22H31N5O2/c1-17-15-18(24-29-17)16-26-11-13-27(14-12-26)22(28)23-20-9-5-6-10-21(20)25(2)19-7-3-4-8-19/h5-6,9-10,15,19H,3-4,7-8,11-14,16H2,1-2H3,(H,23,28). The first-order chi connectivity index (χ1) is 14.1. The molecule has 7 nitrogen and oxygen atoms in total. The molecule has 7 heteroatoms. The van der Waals surface area contributed by atoms with Gasteiger partial charge in [-0.05, 0) is 31.9 Å². The summed E-state index contributed by atoms with van der Waals surface area (Å²) in [5.41, 5.74) is 2.95. The summed E-state index contributed by atoms with van der Waals surface area (Å²) < 4.78 is 5.14. The molecule has 0 bridgehead atoms. The number of aryl methyl sites for hydroxylation is 1. The Bertz CT molecular complexity index is 822. The number of carbonyl (C=O) groups is 1. The number of benzene rings is 1. The molecule has 0 unspecified atom stereocenters. The number of amides is 2. The number of aromatic nitrogens is 1. The second kappa shape index (κ2) is 8.86. The molecule has 1 aromatic carbocycles. The molecule has 2 aliphatic rings. The molecule has 2 fully saturated rings. The van der Waals surface area contributed by atoms with Crippen molar-refractivity contribution in [2.45, 2.75) is 45.2 Å². The van der Waals surface area contributed by atoms with Crippen LogP contribution in [0.25, 0.3) is 0 Å². The van der Waals surface area contributed by atoms with Crippen LogP contribution in [-0.4, -0.2) is 60.3 Å². The molecule has 1 saturated carbocycles. The van der Waals surface area contributed by atoms with Gasteiger partial charge in [0.05, 0.1) is 17.1 Å². The summed E-state index contributed by atoms with van der Waals surface area (Å²) in [6.45, 7) is 5.76. The molecule has 156 valence electrons. The van der Waals surface area contributed by atoms with Gasteiger partial charge in [-0.25, -0.2) is 4.79 Å². The Hall–Kier alpha value is -2.54. The van der Waals surface area contributed by atoms with Crippen LogP contribution in [0, 0.1) is 6.92 Å². The Morgan fingerprint density at radius 3 is 2.62 bits per heavy atom. The minimum absolute atomic E-state index is 0.0193. The van der Waals surface area contributed by atoms with Crippen molar-refractivity contribution in [2.75, 3.05) is 43.4 Å². The summed E-state index contributed by atoms with van der Waals surface area (Å²) in [6, 6.07) is 10.6. The van der Waals surface area contributed by atoms with E-state index in [1.165, 1.54) is 25.7 Å². The highest BCUT2D eigenvalue weighted by Gasteiger charge is 2.25. The molecule has 1 N–H and O–H groups in total. The number of nitrogens with one attached hydrogen (secondary N) is 1. The summed E-state index contributed by atoms with van der Waals surface area (Å²) in [5, 5.41) is 7.22. The van der Waals surface area contributed by atoms with Crippen molar-refractivity contribution in [1.29, 1.82) is 0 Å². The fraction of sp³-hybridized carbons (Fsp3) is 0.545. The smallest absolute Gasteiger partial charge is 0.321 e. The molecule has 0 radical (unpaired) electrons. The lowest BCUT2D eigenvalue weighted by Gasteiger charge is -2.35. The molecule has 1 aliphatic heterocycles. The largest absolute Gasteiger partial charge is 0.370 e. The van der Waals surface area contributed by atoms with Gasteiger partial charge in [0, 0.05) is 51.9 Å². The number of hydrogen-bond donors (Lipinski definition) is 1. The van der Waals surface area contributed by atoms with Gasteiger partial charge < -0.3 is 19.6 Å². The molecular weight excluding hydrogens is 366 g/mol. The molecule has 4 rings (SSSR count). The van der Waals surface area contributed by atoms with Gasteiger partial charge in [-0.2, -0.15) is 0 Å². The zero-order valence-corrected chi connectivity index (χ0v) is 17.4. The second-order valence-electron chi connectivity index (χ2n) is 8.19. The van der Waals surface area contributed by atoms with Gasteiger partial charge in [-0.1, -0.05) is 30.1 Å². The monoisotopic (exact) mass is 397 g/mol. The molecule has 1 saturated heterocycles. The molecule has 29 heavy (non-hydrogen) atoms. The topological polar surface area (TPSA) is 64.8 Å². The number of anilines is 2. The van der Waals surface area contributed by atoms with Crippen molar-refractivity contribution >= 4 is 17.4 Å². The fourth-order valence-corrected chi connectivity index (χ4v) is 4.40. The number of piperazine rings is 1. The molecule has 0 spiro atoms. The lowest BCUT2D eigenvalue weighted by atomic mass is 10.1. The number of hydrogen-bond acceptors (Lipinski definition) is 5. The van der Waals surface area contributed by atoms with Gasteiger partial charge in [-0.3, -0.25) is 4.90 Å². The fourth-order valence-electron chi connectivity index (χ4n) is 4.40. The van der Waals surface area contributed by atoms with Gasteiger partial charge in [0.15, 0.2) is 0 Å². The van der Waals surface area contributed by atoms with Crippen molar-refractivity contribution < 1.29 is 9.32 Å². The highest BCUT2D eigenvalue weighted by Crippen LogP contribution is 2.32. The summed E-state index contributed by atoms with van der Waals surface area (Å²) in [7, 11) is 2.14. The van der Waals surface area contributed by atoms with Crippen molar-refractivity contribution in [3.05, 3.63) is 41.8 Å². The third kappa shape index (κ3) is 4.72. The average molecular weight is 398 g/mol. The van der Waals surface area contributed by atoms with Crippen LogP contribution in [0.2, 0.25) is 0 Å². The predicted octanol–water partition coefficient (Wildman–Crippen LogP) is 3.71. The highest BCUT2D eigenvalue weighted by atomic mass is 16.5. The van der Waals surface area contributed by atoms with E-state index in [2.05, 4.69) is 33.4 Å². The van der Waals surface area contributed by atoms with E-state index in [9.17, 15) is 4.79 Å². The Labute approximate surface area is 172 Å². The third-order valence-electron chi connectivity index (χ3n) is 6.12. The van der Waals surface area contributed by atoms with Crippen LogP contribution in [0.15, 0.2) is 34.9 Å². The number of carbonyl (C=O) groups excluding carboxylic acids is 1. The van der Waals surface area contributed by atoms with E-state index in [-0.39, 0.29) is 6.03 Å². The van der Waals surface area contributed by atoms with E-state index >= 15 is 0 Å². The van der Waals surface area contributed by atoms with Crippen LogP contribution >= 0.6 is 0 Å². The molecule has 1 aliphatic carbocycles. The van der Waals surface area contributed by atoms with Crippen LogP contribution in [-0.2, 0) is 6.54 Å². The maximum Gasteiger partial charge on any atom is 0.321 e. The normalized spacial score (nSPS) is 18.2. The Morgan fingerprint density at radius 2 is 1.93 bits per heavy atom. The minimum atomic E-state index is -0.0193. The van der Waals surface area contributed by atoms with Gasteiger partial charge >= 0.3 is 6.03 Å². The van der Waals surface area contributed by atoms with E-state index in [0.29, 0.717) is 19.1 Å². The van der Waals surface area contributed by atoms with Gasteiger partial charge in [0.1, 0.15) is 5.76 Å². The number of para-hydroxylation sites is 2. The van der Waals surface area contributed by atoms with E-state index in [4.69, 9.17) is 4.52 Å². The van der Waals surface area contributed by atoms with Crippen molar-refractivity contribution in [3.8, 4) is 0 Å². The summed E-state index contributed by atoms with van der Waals surface area (Å²) in [6.07, 6.45) is 5.04. The number of rotatable bonds is 5. The van der Waals surface area contributed by atoms with E-state index < -0.39 is 0 Å². The zero-order valence-electron chi connectivity index (χ0n) is 17.4. The third-order valence-corrected chi connectivity index (χ3v) is 6.12. The predicted molar refractivity (Wildman–Crippen MR) is 114 cm³/mol. The lowest BCUT2D eigenvalue weighted by molar-refractivity contribution is 0.141. The summed E-state index contributed by atoms with van der Waals surface area (Å²) >= 11 is 0. The molecular formula is C22H31N5O2. The maximum absolute atomic E-state index is 12.9. The lowest BCUT2D eigenvalue weighted by Crippen LogP contribution is -2.49. The second-order valence-corrected chi connectivity index (χ2v) is 8.19. The molecule has 2 heterocycles. The van der Waals surface area contributed by atoms with Gasteiger partial charge in [0.25, 0.3) is 0 Å². The van der Waals surface area contributed by atoms with Crippen molar-refractivity contribution in [1.82, 2.24) is 15.0 Å². The zero-order chi connectivity index (χ0) is 20.2. The van der Waals surface area contributed by atoms with Crippen LogP contribution in [0.4, 0.5) is 16.2 Å². The first kappa shape index (κ1) is 19.8. The first-order valence-electron chi connectivity index (χ1n) is 10.6. The van der Waals surface area contributed by atoms with Gasteiger partial charge in [-0.15, -0.1) is 0 Å².